The van der Waals surface area contributed by atoms with E-state index in [0.29, 0.717) is 12.6 Å². The Kier molecular flexibility index (Phi) is 7.48. The van der Waals surface area contributed by atoms with E-state index < -0.39 is 5.54 Å². The Morgan fingerprint density at radius 2 is 2.10 bits per heavy atom. The van der Waals surface area contributed by atoms with Crippen LogP contribution < -0.4 is 5.32 Å². The van der Waals surface area contributed by atoms with Gasteiger partial charge in [0.15, 0.2) is 0 Å². The van der Waals surface area contributed by atoms with Crippen LogP contribution in [-0.4, -0.2) is 62.4 Å². The molecule has 118 valence electrons. The molecule has 1 N–H and O–H groups in total. The van der Waals surface area contributed by atoms with Crippen molar-refractivity contribution in [3.8, 4) is 0 Å². The van der Waals surface area contributed by atoms with Crippen molar-refractivity contribution in [3.63, 3.8) is 0 Å². The van der Waals surface area contributed by atoms with Crippen LogP contribution in [0.2, 0.25) is 0 Å². The summed E-state index contributed by atoms with van der Waals surface area (Å²) in [6.45, 7) is 9.90. The van der Waals surface area contributed by atoms with Gasteiger partial charge in [-0.2, -0.15) is 0 Å². The number of hydrogen-bond donors (Lipinski definition) is 1. The SMILES string of the molecule is CCOCCN(CC)C1CCC(NC)(C(=O)OCC)C1. The monoisotopic (exact) mass is 286 g/mol. The highest BCUT2D eigenvalue weighted by Gasteiger charge is 2.46. The lowest BCUT2D eigenvalue weighted by atomic mass is 9.97. The summed E-state index contributed by atoms with van der Waals surface area (Å²) in [5.74, 6) is -0.106. The fourth-order valence-electron chi connectivity index (χ4n) is 3.04. The molecule has 0 aliphatic heterocycles. The van der Waals surface area contributed by atoms with Crippen molar-refractivity contribution in [1.82, 2.24) is 10.2 Å². The highest BCUT2D eigenvalue weighted by atomic mass is 16.5. The Hall–Kier alpha value is -0.650. The van der Waals surface area contributed by atoms with Crippen LogP contribution in [0.4, 0.5) is 0 Å². The number of ether oxygens (including phenoxy) is 2. The molecule has 1 aliphatic rings. The quantitative estimate of drug-likeness (QED) is 0.513. The summed E-state index contributed by atoms with van der Waals surface area (Å²) in [5.41, 5.74) is -0.500. The molecule has 5 heteroatoms. The van der Waals surface area contributed by atoms with E-state index in [1.807, 2.05) is 20.9 Å². The standard InChI is InChI=1S/C15H30N2O3/c1-5-17(10-11-19-6-2)13-8-9-15(12-13,16-4)14(18)20-7-3/h13,16H,5-12H2,1-4H3. The van der Waals surface area contributed by atoms with E-state index >= 15 is 0 Å². The molecule has 0 aromatic heterocycles. The van der Waals surface area contributed by atoms with Crippen molar-refractivity contribution in [2.75, 3.05) is 40.0 Å². The number of hydrogen-bond acceptors (Lipinski definition) is 5. The molecular weight excluding hydrogens is 256 g/mol. The number of carbonyl (C=O) groups excluding carboxylic acids is 1. The van der Waals surface area contributed by atoms with Crippen LogP contribution >= 0.6 is 0 Å². The first kappa shape index (κ1) is 17.4. The topological polar surface area (TPSA) is 50.8 Å². The maximum absolute atomic E-state index is 12.2. The predicted octanol–water partition coefficient (Wildman–Crippen LogP) is 1.42. The zero-order chi connectivity index (χ0) is 15.0. The van der Waals surface area contributed by atoms with Crippen molar-refractivity contribution >= 4 is 5.97 Å². The molecule has 0 spiro atoms. The minimum Gasteiger partial charge on any atom is -0.465 e. The van der Waals surface area contributed by atoms with E-state index in [0.717, 1.165) is 45.6 Å². The Morgan fingerprint density at radius 3 is 2.65 bits per heavy atom. The highest BCUT2D eigenvalue weighted by Crippen LogP contribution is 2.34. The molecule has 0 aromatic rings. The maximum Gasteiger partial charge on any atom is 0.326 e. The molecule has 2 atom stereocenters. The molecule has 20 heavy (non-hydrogen) atoms. The summed E-state index contributed by atoms with van der Waals surface area (Å²) in [6.07, 6.45) is 2.69. The number of likely N-dealkylation sites (N-methyl/N-ethyl adjacent to an activating group) is 2. The van der Waals surface area contributed by atoms with Gasteiger partial charge in [-0.15, -0.1) is 0 Å². The Balaban J connectivity index is 2.60. The molecule has 1 aliphatic carbocycles. The van der Waals surface area contributed by atoms with Gasteiger partial charge in [0.2, 0.25) is 0 Å². The van der Waals surface area contributed by atoms with Gasteiger partial charge < -0.3 is 14.8 Å². The van der Waals surface area contributed by atoms with E-state index in [1.54, 1.807) is 0 Å². The van der Waals surface area contributed by atoms with Crippen LogP contribution in [0.15, 0.2) is 0 Å². The molecule has 0 bridgehead atoms. The van der Waals surface area contributed by atoms with Crippen LogP contribution in [0.25, 0.3) is 0 Å². The third-order valence-electron chi connectivity index (χ3n) is 4.28. The largest absolute Gasteiger partial charge is 0.465 e. The Morgan fingerprint density at radius 1 is 1.35 bits per heavy atom. The molecular formula is C15H30N2O3. The van der Waals surface area contributed by atoms with Gasteiger partial charge in [-0.3, -0.25) is 9.69 Å². The summed E-state index contributed by atoms with van der Waals surface area (Å²) in [6, 6.07) is 0.428. The minimum atomic E-state index is -0.500. The van der Waals surface area contributed by atoms with Gasteiger partial charge in [0.1, 0.15) is 5.54 Å². The third-order valence-corrected chi connectivity index (χ3v) is 4.28. The Labute approximate surface area is 123 Å². The molecule has 0 aromatic carbocycles. The normalized spacial score (nSPS) is 26.1. The van der Waals surface area contributed by atoms with Gasteiger partial charge in [-0.05, 0) is 46.7 Å². The second-order valence-electron chi connectivity index (χ2n) is 5.27. The average Bonchev–Trinajstić information content (AvgIpc) is 2.89. The molecule has 0 heterocycles. The predicted molar refractivity (Wildman–Crippen MR) is 79.8 cm³/mol. The zero-order valence-corrected chi connectivity index (χ0v) is 13.4. The summed E-state index contributed by atoms with van der Waals surface area (Å²) < 4.78 is 10.7. The second-order valence-corrected chi connectivity index (χ2v) is 5.27. The highest BCUT2D eigenvalue weighted by molar-refractivity contribution is 5.81. The zero-order valence-electron chi connectivity index (χ0n) is 13.4. The van der Waals surface area contributed by atoms with E-state index in [-0.39, 0.29) is 5.97 Å². The second kappa shape index (κ2) is 8.60. The van der Waals surface area contributed by atoms with Gasteiger partial charge in [-0.1, -0.05) is 6.92 Å². The minimum absolute atomic E-state index is 0.106. The van der Waals surface area contributed by atoms with Crippen LogP contribution in [0.5, 0.6) is 0 Å². The van der Waals surface area contributed by atoms with Gasteiger partial charge in [-0.25, -0.2) is 0 Å². The molecule has 0 amide bonds. The first-order chi connectivity index (χ1) is 9.63. The number of carbonyl (C=O) groups is 1. The van der Waals surface area contributed by atoms with Crippen molar-refractivity contribution in [2.45, 2.75) is 51.6 Å². The Bertz CT molecular complexity index is 299. The van der Waals surface area contributed by atoms with Crippen molar-refractivity contribution in [2.24, 2.45) is 0 Å². The van der Waals surface area contributed by atoms with Gasteiger partial charge in [0.25, 0.3) is 0 Å². The summed E-state index contributed by atoms with van der Waals surface area (Å²) >= 11 is 0. The van der Waals surface area contributed by atoms with Crippen LogP contribution in [-0.2, 0) is 14.3 Å². The number of rotatable bonds is 9. The van der Waals surface area contributed by atoms with Gasteiger partial charge >= 0.3 is 5.97 Å². The fourth-order valence-corrected chi connectivity index (χ4v) is 3.04. The summed E-state index contributed by atoms with van der Waals surface area (Å²) in [5, 5.41) is 3.21. The molecule has 1 saturated carbocycles. The van der Waals surface area contributed by atoms with Crippen LogP contribution in [0.3, 0.4) is 0 Å². The first-order valence-corrected chi connectivity index (χ1v) is 7.81. The summed E-state index contributed by atoms with van der Waals surface area (Å²) in [4.78, 5) is 14.6. The molecule has 1 fully saturated rings. The molecule has 2 unspecified atom stereocenters. The lowest BCUT2D eigenvalue weighted by Gasteiger charge is -2.30. The molecule has 1 rings (SSSR count). The van der Waals surface area contributed by atoms with Crippen molar-refractivity contribution in [1.29, 1.82) is 0 Å². The van der Waals surface area contributed by atoms with E-state index in [1.165, 1.54) is 0 Å². The van der Waals surface area contributed by atoms with Crippen LogP contribution in [0.1, 0.15) is 40.0 Å². The van der Waals surface area contributed by atoms with Crippen molar-refractivity contribution < 1.29 is 14.3 Å². The number of nitrogens with zero attached hydrogens (tertiary/aromatic N) is 1. The smallest absolute Gasteiger partial charge is 0.326 e. The maximum atomic E-state index is 12.2. The van der Waals surface area contributed by atoms with E-state index in [9.17, 15) is 4.79 Å². The average molecular weight is 286 g/mol. The third kappa shape index (κ3) is 4.17. The first-order valence-electron chi connectivity index (χ1n) is 7.81. The lowest BCUT2D eigenvalue weighted by molar-refractivity contribution is -0.151. The lowest BCUT2D eigenvalue weighted by Crippen LogP contribution is -2.50. The van der Waals surface area contributed by atoms with E-state index in [2.05, 4.69) is 17.1 Å². The fraction of sp³-hybridized carbons (Fsp3) is 0.933. The van der Waals surface area contributed by atoms with E-state index in [4.69, 9.17) is 9.47 Å². The number of esters is 1. The summed E-state index contributed by atoms with van der Waals surface area (Å²) in [7, 11) is 1.86. The van der Waals surface area contributed by atoms with Crippen molar-refractivity contribution in [3.05, 3.63) is 0 Å². The molecule has 0 saturated heterocycles. The van der Waals surface area contributed by atoms with Crippen LogP contribution in [0, 0.1) is 0 Å². The van der Waals surface area contributed by atoms with Gasteiger partial charge in [0.05, 0.1) is 13.2 Å². The molecule has 5 nitrogen and oxygen atoms in total. The van der Waals surface area contributed by atoms with Gasteiger partial charge in [0, 0.05) is 19.2 Å². The number of nitrogens with one attached hydrogen (secondary N) is 1. The molecule has 0 radical (unpaired) electrons.